The number of urea groups is 1. The largest absolute Gasteiger partial charge is 0.336 e. The zero-order valence-corrected chi connectivity index (χ0v) is 11.9. The van der Waals surface area contributed by atoms with Gasteiger partial charge in [0.2, 0.25) is 0 Å². The lowest BCUT2D eigenvalue weighted by Crippen LogP contribution is -2.33. The molecule has 0 spiro atoms. The summed E-state index contributed by atoms with van der Waals surface area (Å²) in [5, 5.41) is 5.53. The van der Waals surface area contributed by atoms with Crippen molar-refractivity contribution in [1.29, 1.82) is 0 Å². The van der Waals surface area contributed by atoms with E-state index in [1.54, 1.807) is 0 Å². The summed E-state index contributed by atoms with van der Waals surface area (Å²) in [5.74, 6) is 0. The molecule has 0 aliphatic carbocycles. The van der Waals surface area contributed by atoms with Crippen LogP contribution in [0.15, 0.2) is 47.7 Å². The zero-order valence-electron chi connectivity index (χ0n) is 11.9. The zero-order chi connectivity index (χ0) is 15.1. The molecule has 0 bridgehead atoms. The molecule has 2 aromatic rings. The molecule has 0 aliphatic heterocycles. The third kappa shape index (κ3) is 4.17. The van der Waals surface area contributed by atoms with Crippen LogP contribution >= 0.6 is 0 Å². The number of aryl methyl sites for hydroxylation is 1. The van der Waals surface area contributed by atoms with E-state index in [9.17, 15) is 9.59 Å². The summed E-state index contributed by atoms with van der Waals surface area (Å²) in [5.41, 5.74) is 1.75. The molecule has 0 saturated heterocycles. The highest BCUT2D eigenvalue weighted by Crippen LogP contribution is 2.14. The molecule has 0 atom stereocenters. The second-order valence-corrected chi connectivity index (χ2v) is 4.50. The number of nitrogens with zero attached hydrogens (tertiary/aromatic N) is 2. The van der Waals surface area contributed by atoms with Crippen molar-refractivity contribution in [1.82, 2.24) is 14.9 Å². The topological polar surface area (TPSA) is 76.0 Å². The fourth-order valence-corrected chi connectivity index (χ4v) is 1.95. The van der Waals surface area contributed by atoms with Gasteiger partial charge in [-0.2, -0.15) is 0 Å². The molecular weight excluding hydrogens is 268 g/mol. The van der Waals surface area contributed by atoms with Gasteiger partial charge in [-0.3, -0.25) is 9.36 Å². The van der Waals surface area contributed by atoms with Gasteiger partial charge in [-0.25, -0.2) is 9.78 Å². The van der Waals surface area contributed by atoms with Gasteiger partial charge in [0.15, 0.2) is 0 Å². The number of anilines is 1. The Bertz CT molecular complexity index is 666. The van der Waals surface area contributed by atoms with E-state index in [1.807, 2.05) is 31.2 Å². The summed E-state index contributed by atoms with van der Waals surface area (Å²) in [6, 6.07) is 8.76. The summed E-state index contributed by atoms with van der Waals surface area (Å²) < 4.78 is 1.44. The average molecular weight is 286 g/mol. The summed E-state index contributed by atoms with van der Waals surface area (Å²) >= 11 is 0. The van der Waals surface area contributed by atoms with Crippen LogP contribution in [0.5, 0.6) is 0 Å². The van der Waals surface area contributed by atoms with E-state index in [1.165, 1.54) is 23.2 Å². The molecule has 1 aromatic carbocycles. The molecule has 2 rings (SSSR count). The molecule has 110 valence electrons. The minimum absolute atomic E-state index is 0.136. The summed E-state index contributed by atoms with van der Waals surface area (Å²) in [4.78, 5) is 27.2. The molecule has 21 heavy (non-hydrogen) atoms. The van der Waals surface area contributed by atoms with E-state index >= 15 is 0 Å². The van der Waals surface area contributed by atoms with E-state index in [4.69, 9.17) is 0 Å². The molecular formula is C15H18N4O2. The van der Waals surface area contributed by atoms with Crippen LogP contribution in [-0.2, 0) is 13.0 Å². The number of hydrogen-bond acceptors (Lipinski definition) is 3. The highest BCUT2D eigenvalue weighted by Gasteiger charge is 2.04. The van der Waals surface area contributed by atoms with E-state index in [2.05, 4.69) is 15.6 Å². The highest BCUT2D eigenvalue weighted by molar-refractivity contribution is 5.90. The maximum Gasteiger partial charge on any atom is 0.319 e. The van der Waals surface area contributed by atoms with E-state index in [-0.39, 0.29) is 11.6 Å². The molecule has 0 fully saturated rings. The smallest absolute Gasteiger partial charge is 0.319 e. The van der Waals surface area contributed by atoms with Crippen LogP contribution in [0.4, 0.5) is 10.5 Å². The fourth-order valence-electron chi connectivity index (χ4n) is 1.95. The van der Waals surface area contributed by atoms with Crippen LogP contribution in [0.1, 0.15) is 12.5 Å². The number of para-hydroxylation sites is 1. The second kappa shape index (κ2) is 7.23. The quantitative estimate of drug-likeness (QED) is 0.877. The lowest BCUT2D eigenvalue weighted by molar-refractivity contribution is 0.251. The molecule has 1 heterocycles. The Morgan fingerprint density at radius 3 is 2.86 bits per heavy atom. The number of carbonyl (C=O) groups excluding carboxylic acids is 1. The van der Waals surface area contributed by atoms with Crippen LogP contribution in [-0.4, -0.2) is 22.1 Å². The van der Waals surface area contributed by atoms with E-state index < -0.39 is 0 Å². The Morgan fingerprint density at radius 2 is 2.10 bits per heavy atom. The van der Waals surface area contributed by atoms with Crippen molar-refractivity contribution in [3.05, 3.63) is 58.8 Å². The first-order valence-electron chi connectivity index (χ1n) is 6.84. The molecule has 1 aromatic heterocycles. The number of aromatic nitrogens is 2. The SMILES string of the molecule is CCc1ccccc1NC(=O)NCCn1cnccc1=O. The van der Waals surface area contributed by atoms with E-state index in [0.717, 1.165) is 17.7 Å². The van der Waals surface area contributed by atoms with Crippen molar-refractivity contribution in [3.8, 4) is 0 Å². The van der Waals surface area contributed by atoms with Gasteiger partial charge in [-0.1, -0.05) is 25.1 Å². The summed E-state index contributed by atoms with van der Waals surface area (Å²) in [6.07, 6.45) is 3.75. The molecule has 0 aliphatic rings. The molecule has 0 unspecified atom stereocenters. The molecule has 2 N–H and O–H groups in total. The lowest BCUT2D eigenvalue weighted by Gasteiger charge is -2.11. The summed E-state index contributed by atoms with van der Waals surface area (Å²) in [7, 11) is 0. The third-order valence-corrected chi connectivity index (χ3v) is 3.08. The van der Waals surface area contributed by atoms with Gasteiger partial charge in [0, 0.05) is 31.0 Å². The van der Waals surface area contributed by atoms with Crippen LogP contribution in [0.25, 0.3) is 0 Å². The first kappa shape index (κ1) is 14.8. The normalized spacial score (nSPS) is 10.1. The second-order valence-electron chi connectivity index (χ2n) is 4.50. The molecule has 2 amide bonds. The number of carbonyl (C=O) groups is 1. The maximum absolute atomic E-state index is 11.8. The maximum atomic E-state index is 11.8. The molecule has 0 saturated carbocycles. The Kier molecular flexibility index (Phi) is 5.09. The highest BCUT2D eigenvalue weighted by atomic mass is 16.2. The average Bonchev–Trinajstić information content (AvgIpc) is 2.50. The predicted molar refractivity (Wildman–Crippen MR) is 81.3 cm³/mol. The number of hydrogen-bond donors (Lipinski definition) is 2. The monoisotopic (exact) mass is 286 g/mol. The molecule has 6 heteroatoms. The molecule has 0 radical (unpaired) electrons. The number of benzene rings is 1. The third-order valence-electron chi connectivity index (χ3n) is 3.08. The minimum atomic E-state index is -0.284. The van der Waals surface area contributed by atoms with Crippen molar-refractivity contribution >= 4 is 11.7 Å². The van der Waals surface area contributed by atoms with Crippen LogP contribution in [0, 0.1) is 0 Å². The van der Waals surface area contributed by atoms with Crippen LogP contribution in [0.3, 0.4) is 0 Å². The van der Waals surface area contributed by atoms with Crippen LogP contribution < -0.4 is 16.2 Å². The first-order valence-corrected chi connectivity index (χ1v) is 6.84. The lowest BCUT2D eigenvalue weighted by atomic mass is 10.1. The van der Waals surface area contributed by atoms with E-state index in [0.29, 0.717) is 13.1 Å². The van der Waals surface area contributed by atoms with Gasteiger partial charge in [-0.15, -0.1) is 0 Å². The van der Waals surface area contributed by atoms with Crippen LogP contribution in [0.2, 0.25) is 0 Å². The van der Waals surface area contributed by atoms with Gasteiger partial charge in [0.25, 0.3) is 5.56 Å². The number of rotatable bonds is 5. The van der Waals surface area contributed by atoms with Crippen molar-refractivity contribution < 1.29 is 4.79 Å². The predicted octanol–water partition coefficient (Wildman–Crippen LogP) is 1.63. The van der Waals surface area contributed by atoms with Gasteiger partial charge in [0.05, 0.1) is 6.33 Å². The standard InChI is InChI=1S/C15H18N4O2/c1-2-12-5-3-4-6-13(12)18-15(21)17-9-10-19-11-16-8-7-14(19)20/h3-8,11H,2,9-10H2,1H3,(H2,17,18,21). The van der Waals surface area contributed by atoms with Crippen molar-refractivity contribution in [2.45, 2.75) is 19.9 Å². The summed E-state index contributed by atoms with van der Waals surface area (Å²) in [6.45, 7) is 2.77. The first-order chi connectivity index (χ1) is 10.2. The Morgan fingerprint density at radius 1 is 1.29 bits per heavy atom. The fraction of sp³-hybridized carbons (Fsp3) is 0.267. The van der Waals surface area contributed by atoms with Crippen molar-refractivity contribution in [2.24, 2.45) is 0 Å². The Hall–Kier alpha value is -2.63. The van der Waals surface area contributed by atoms with Gasteiger partial charge < -0.3 is 10.6 Å². The number of amides is 2. The number of nitrogens with one attached hydrogen (secondary N) is 2. The Balaban J connectivity index is 1.85. The van der Waals surface area contributed by atoms with Crippen molar-refractivity contribution in [2.75, 3.05) is 11.9 Å². The van der Waals surface area contributed by atoms with Crippen molar-refractivity contribution in [3.63, 3.8) is 0 Å². The van der Waals surface area contributed by atoms with Gasteiger partial charge in [0.1, 0.15) is 0 Å². The van der Waals surface area contributed by atoms with Gasteiger partial charge >= 0.3 is 6.03 Å². The molecule has 6 nitrogen and oxygen atoms in total. The van der Waals surface area contributed by atoms with Gasteiger partial charge in [-0.05, 0) is 18.1 Å². The minimum Gasteiger partial charge on any atom is -0.336 e. The Labute approximate surface area is 122 Å².